The molecule has 0 bridgehead atoms. The second-order valence-corrected chi connectivity index (χ2v) is 6.96. The number of benzene rings is 1. The quantitative estimate of drug-likeness (QED) is 0.352. The highest BCUT2D eigenvalue weighted by Gasteiger charge is 2.10. The van der Waals surface area contributed by atoms with Crippen LogP contribution in [-0.2, 0) is 13.0 Å². The summed E-state index contributed by atoms with van der Waals surface area (Å²) in [5.74, 6) is 0.725. The molecule has 30 heavy (non-hydrogen) atoms. The number of hydrogen-bond acceptors (Lipinski definition) is 6. The highest BCUT2D eigenvalue weighted by atomic mass is 15.4. The molecule has 0 aliphatic heterocycles. The predicted octanol–water partition coefficient (Wildman–Crippen LogP) is 3.31. The van der Waals surface area contributed by atoms with Gasteiger partial charge in [-0.05, 0) is 35.9 Å². The van der Waals surface area contributed by atoms with Crippen molar-refractivity contribution >= 4 is 22.8 Å². The van der Waals surface area contributed by atoms with E-state index in [1.807, 2.05) is 47.5 Å². The summed E-state index contributed by atoms with van der Waals surface area (Å²) in [7, 11) is 0. The lowest BCUT2D eigenvalue weighted by Gasteiger charge is -2.05. The van der Waals surface area contributed by atoms with E-state index in [1.165, 1.54) is 6.21 Å². The van der Waals surface area contributed by atoms with Crippen LogP contribution in [0.3, 0.4) is 0 Å². The van der Waals surface area contributed by atoms with Gasteiger partial charge in [0.2, 0.25) is 0 Å². The van der Waals surface area contributed by atoms with Gasteiger partial charge in [-0.1, -0.05) is 12.1 Å². The highest BCUT2D eigenvalue weighted by Crippen LogP contribution is 2.24. The maximum atomic E-state index is 7.41. The minimum absolute atomic E-state index is 0.563. The molecule has 8 heteroatoms. The molecule has 0 spiro atoms. The SMILES string of the molecule is C=CCn1cc(-c2cnc3ccc(Cc4nnc5ccc(C=N)nn45)cc3c2)cn1. The first-order chi connectivity index (χ1) is 14.7. The molecule has 4 heterocycles. The first kappa shape index (κ1) is 17.9. The largest absolute Gasteiger partial charge is 0.306 e. The molecule has 8 nitrogen and oxygen atoms in total. The Bertz CT molecular complexity index is 1400. The van der Waals surface area contributed by atoms with Crippen LogP contribution in [0, 0.1) is 5.41 Å². The van der Waals surface area contributed by atoms with Crippen LogP contribution in [0.4, 0.5) is 0 Å². The van der Waals surface area contributed by atoms with Crippen molar-refractivity contribution in [3.63, 3.8) is 0 Å². The Balaban J connectivity index is 1.49. The van der Waals surface area contributed by atoms with Crippen LogP contribution in [0.2, 0.25) is 0 Å². The van der Waals surface area contributed by atoms with E-state index >= 15 is 0 Å². The fraction of sp³-hybridized carbons (Fsp3) is 0.0909. The zero-order valence-corrected chi connectivity index (χ0v) is 16.1. The van der Waals surface area contributed by atoms with Crippen molar-refractivity contribution in [2.45, 2.75) is 13.0 Å². The van der Waals surface area contributed by atoms with Crippen molar-refractivity contribution in [3.8, 4) is 11.1 Å². The van der Waals surface area contributed by atoms with Crippen LogP contribution in [0.15, 0.2) is 67.6 Å². The molecule has 0 unspecified atom stereocenters. The van der Waals surface area contributed by atoms with E-state index in [1.54, 1.807) is 10.6 Å². The zero-order valence-electron chi connectivity index (χ0n) is 16.1. The number of nitrogens with one attached hydrogen (secondary N) is 1. The molecule has 0 saturated carbocycles. The van der Waals surface area contributed by atoms with Crippen molar-refractivity contribution < 1.29 is 0 Å². The number of allylic oxidation sites excluding steroid dienone is 1. The molecular formula is C22H18N8. The Morgan fingerprint density at radius 3 is 2.83 bits per heavy atom. The summed E-state index contributed by atoms with van der Waals surface area (Å²) in [6.45, 7) is 4.42. The Morgan fingerprint density at radius 2 is 1.97 bits per heavy atom. The van der Waals surface area contributed by atoms with E-state index < -0.39 is 0 Å². The standard InChI is InChI=1S/C22H18N8/c1-2-7-29-14-18(13-25-29)17-10-16-8-15(3-5-20(16)24-12-17)9-22-27-26-21-6-4-19(11-23)28-30(21)22/h2-6,8,10-14,23H,1,7,9H2. The van der Waals surface area contributed by atoms with E-state index in [4.69, 9.17) is 5.41 Å². The Morgan fingerprint density at radius 1 is 1.03 bits per heavy atom. The summed E-state index contributed by atoms with van der Waals surface area (Å²) in [5, 5.41) is 25.7. The lowest BCUT2D eigenvalue weighted by molar-refractivity contribution is 0.703. The Kier molecular flexibility index (Phi) is 4.36. The summed E-state index contributed by atoms with van der Waals surface area (Å²) in [4.78, 5) is 4.60. The average Bonchev–Trinajstić information content (AvgIpc) is 3.40. The van der Waals surface area contributed by atoms with Crippen molar-refractivity contribution in [1.29, 1.82) is 5.41 Å². The molecule has 0 radical (unpaired) electrons. The third-order valence-corrected chi connectivity index (χ3v) is 4.89. The first-order valence-corrected chi connectivity index (χ1v) is 9.48. The van der Waals surface area contributed by atoms with Gasteiger partial charge < -0.3 is 5.41 Å². The number of hydrogen-bond donors (Lipinski definition) is 1. The van der Waals surface area contributed by atoms with Crippen LogP contribution in [0.5, 0.6) is 0 Å². The molecule has 0 aliphatic carbocycles. The molecule has 1 N–H and O–H groups in total. The molecule has 0 aliphatic rings. The fourth-order valence-electron chi connectivity index (χ4n) is 3.41. The van der Waals surface area contributed by atoms with Crippen molar-refractivity contribution in [2.24, 2.45) is 0 Å². The normalized spacial score (nSPS) is 11.2. The lowest BCUT2D eigenvalue weighted by atomic mass is 10.0. The van der Waals surface area contributed by atoms with Crippen LogP contribution >= 0.6 is 0 Å². The number of aromatic nitrogens is 7. The van der Waals surface area contributed by atoms with Gasteiger partial charge in [0.25, 0.3) is 0 Å². The van der Waals surface area contributed by atoms with E-state index in [0.29, 0.717) is 24.3 Å². The molecule has 1 aromatic carbocycles. The zero-order chi connectivity index (χ0) is 20.5. The second-order valence-electron chi connectivity index (χ2n) is 6.96. The van der Waals surface area contributed by atoms with E-state index in [-0.39, 0.29) is 0 Å². The maximum Gasteiger partial charge on any atom is 0.177 e. The smallest absolute Gasteiger partial charge is 0.177 e. The number of nitrogens with zero attached hydrogens (tertiary/aromatic N) is 7. The van der Waals surface area contributed by atoms with Crippen LogP contribution in [-0.4, -0.2) is 40.8 Å². The lowest BCUT2D eigenvalue weighted by Crippen LogP contribution is -2.02. The van der Waals surface area contributed by atoms with Gasteiger partial charge in [0.1, 0.15) is 5.69 Å². The van der Waals surface area contributed by atoms with Gasteiger partial charge >= 0.3 is 0 Å². The van der Waals surface area contributed by atoms with Crippen molar-refractivity contribution in [1.82, 2.24) is 34.6 Å². The summed E-state index contributed by atoms with van der Waals surface area (Å²) >= 11 is 0. The minimum atomic E-state index is 0.563. The summed E-state index contributed by atoms with van der Waals surface area (Å²) in [6.07, 6.45) is 9.30. The summed E-state index contributed by atoms with van der Waals surface area (Å²) in [5.41, 5.74) is 5.27. The summed E-state index contributed by atoms with van der Waals surface area (Å²) in [6, 6.07) is 11.8. The van der Waals surface area contributed by atoms with E-state index in [9.17, 15) is 0 Å². The second kappa shape index (κ2) is 7.32. The predicted molar refractivity (Wildman–Crippen MR) is 115 cm³/mol. The summed E-state index contributed by atoms with van der Waals surface area (Å²) < 4.78 is 3.53. The van der Waals surface area contributed by atoms with Crippen LogP contribution in [0.1, 0.15) is 17.1 Å². The van der Waals surface area contributed by atoms with Gasteiger partial charge in [-0.15, -0.1) is 16.8 Å². The van der Waals surface area contributed by atoms with E-state index in [0.717, 1.165) is 33.4 Å². The van der Waals surface area contributed by atoms with Gasteiger partial charge in [0.05, 0.1) is 18.3 Å². The molecule has 4 aromatic heterocycles. The first-order valence-electron chi connectivity index (χ1n) is 9.48. The van der Waals surface area contributed by atoms with Crippen molar-refractivity contribution in [2.75, 3.05) is 0 Å². The van der Waals surface area contributed by atoms with Crippen LogP contribution < -0.4 is 0 Å². The van der Waals surface area contributed by atoms with Crippen LogP contribution in [0.25, 0.3) is 27.7 Å². The van der Waals surface area contributed by atoms with Gasteiger partial charge in [-0.3, -0.25) is 9.67 Å². The molecule has 5 rings (SSSR count). The third-order valence-electron chi connectivity index (χ3n) is 4.89. The van der Waals surface area contributed by atoms with E-state index in [2.05, 4.69) is 44.1 Å². The maximum absolute atomic E-state index is 7.41. The molecular weight excluding hydrogens is 376 g/mol. The minimum Gasteiger partial charge on any atom is -0.306 e. The molecule has 146 valence electrons. The van der Waals surface area contributed by atoms with Gasteiger partial charge in [0.15, 0.2) is 11.5 Å². The fourth-order valence-corrected chi connectivity index (χ4v) is 3.41. The Labute approximate surface area is 172 Å². The van der Waals surface area contributed by atoms with Gasteiger partial charge in [-0.25, -0.2) is 0 Å². The number of rotatable bonds is 6. The molecule has 5 aromatic rings. The third kappa shape index (κ3) is 3.24. The monoisotopic (exact) mass is 394 g/mol. The Hall–Kier alpha value is -4.20. The average molecular weight is 394 g/mol. The highest BCUT2D eigenvalue weighted by molar-refractivity contribution is 5.84. The number of fused-ring (bicyclic) bond motifs is 2. The molecule has 0 atom stereocenters. The molecule has 0 amide bonds. The van der Waals surface area contributed by atoms with Gasteiger partial charge in [-0.2, -0.15) is 14.7 Å². The molecule has 0 fully saturated rings. The topological polar surface area (TPSA) is 97.6 Å². The molecule has 0 saturated heterocycles. The van der Waals surface area contributed by atoms with Crippen molar-refractivity contribution in [3.05, 3.63) is 84.7 Å². The number of pyridine rings is 1. The van der Waals surface area contributed by atoms with Gasteiger partial charge in [0, 0.05) is 41.5 Å².